The van der Waals surface area contributed by atoms with E-state index >= 15 is 0 Å². The molecule has 4 N–H and O–H groups in total. The van der Waals surface area contributed by atoms with Gasteiger partial charge in [-0.15, -0.1) is 0 Å². The van der Waals surface area contributed by atoms with E-state index in [9.17, 15) is 10.2 Å². The van der Waals surface area contributed by atoms with Crippen LogP contribution in [-0.4, -0.2) is 73.1 Å². The summed E-state index contributed by atoms with van der Waals surface area (Å²) in [6.45, 7) is 6.40. The molecule has 0 aliphatic carbocycles. The van der Waals surface area contributed by atoms with Crippen molar-refractivity contribution in [1.82, 2.24) is 19.4 Å². The summed E-state index contributed by atoms with van der Waals surface area (Å²) in [6, 6.07) is 9.87. The Labute approximate surface area is 182 Å². The van der Waals surface area contributed by atoms with Crippen molar-refractivity contribution in [2.75, 3.05) is 31.6 Å². The third kappa shape index (κ3) is 4.81. The number of anilines is 1. The van der Waals surface area contributed by atoms with Crippen LogP contribution in [0.3, 0.4) is 0 Å². The molecule has 8 heteroatoms. The molecule has 1 aliphatic heterocycles. The van der Waals surface area contributed by atoms with Gasteiger partial charge in [-0.05, 0) is 50.5 Å². The maximum Gasteiger partial charge on any atom is 0.204 e. The number of β-amino-alcohol motifs (C(OH)–C–C–N with tert-alkyl or cyclic N) is 1. The number of hydrogen-bond donors (Lipinski definition) is 4. The van der Waals surface area contributed by atoms with Crippen LogP contribution in [0.2, 0.25) is 0 Å². The second kappa shape index (κ2) is 9.21. The lowest BCUT2D eigenvalue weighted by molar-refractivity contribution is 0.0522. The molecule has 1 atom stereocenters. The van der Waals surface area contributed by atoms with E-state index in [2.05, 4.69) is 32.8 Å². The Hall–Kier alpha value is -2.68. The lowest BCUT2D eigenvalue weighted by Crippen LogP contribution is -2.43. The van der Waals surface area contributed by atoms with Crippen LogP contribution in [0.25, 0.3) is 11.0 Å². The standard InChI is InChI=1S/C23H31N5O3/c1-15-4-3-5-20-22(15)26-23(28(20)13-19-21(31)7-6-16(2)24-19)25-17-8-10-27(11-9-17)12-18(30)14-29/h3-7,17-18,29-31H,8-14H2,1-2H3,(H,25,26). The van der Waals surface area contributed by atoms with Crippen molar-refractivity contribution in [3.05, 3.63) is 47.3 Å². The molecular formula is C23H31N5O3. The summed E-state index contributed by atoms with van der Waals surface area (Å²) in [6.07, 6.45) is 1.16. The number of benzene rings is 1. The molecule has 3 aromatic rings. The molecule has 0 spiro atoms. The number of aliphatic hydroxyl groups is 2. The summed E-state index contributed by atoms with van der Waals surface area (Å²) >= 11 is 0. The third-order valence-corrected chi connectivity index (χ3v) is 5.98. The van der Waals surface area contributed by atoms with E-state index in [1.807, 2.05) is 19.1 Å². The molecule has 1 aromatic carbocycles. The Bertz CT molecular complexity index is 1040. The molecule has 31 heavy (non-hydrogen) atoms. The summed E-state index contributed by atoms with van der Waals surface area (Å²) in [5, 5.41) is 32.7. The second-order valence-electron chi connectivity index (χ2n) is 8.44. The van der Waals surface area contributed by atoms with E-state index in [1.54, 1.807) is 12.1 Å². The average molecular weight is 426 g/mol. The molecule has 166 valence electrons. The second-order valence-corrected chi connectivity index (χ2v) is 8.44. The van der Waals surface area contributed by atoms with Gasteiger partial charge in [0.05, 0.1) is 30.3 Å². The Balaban J connectivity index is 1.57. The van der Waals surface area contributed by atoms with Crippen LogP contribution in [0.1, 0.15) is 29.8 Å². The highest BCUT2D eigenvalue weighted by Crippen LogP contribution is 2.27. The van der Waals surface area contributed by atoms with Crippen LogP contribution in [0.4, 0.5) is 5.95 Å². The van der Waals surface area contributed by atoms with Crippen molar-refractivity contribution in [3.8, 4) is 5.75 Å². The largest absolute Gasteiger partial charge is 0.506 e. The Morgan fingerprint density at radius 1 is 1.13 bits per heavy atom. The van der Waals surface area contributed by atoms with Crippen LogP contribution >= 0.6 is 0 Å². The van der Waals surface area contributed by atoms with Crippen LogP contribution in [-0.2, 0) is 6.54 Å². The number of aromatic hydroxyl groups is 1. The number of aliphatic hydroxyl groups excluding tert-OH is 2. The smallest absolute Gasteiger partial charge is 0.204 e. The zero-order chi connectivity index (χ0) is 22.0. The number of aryl methyl sites for hydroxylation is 2. The quantitative estimate of drug-likeness (QED) is 0.459. The van der Waals surface area contributed by atoms with E-state index in [0.717, 1.165) is 54.2 Å². The van der Waals surface area contributed by atoms with E-state index in [0.29, 0.717) is 18.8 Å². The molecule has 4 rings (SSSR count). The van der Waals surface area contributed by atoms with Crippen molar-refractivity contribution in [2.45, 2.75) is 45.4 Å². The van der Waals surface area contributed by atoms with Crippen molar-refractivity contribution in [2.24, 2.45) is 0 Å². The summed E-state index contributed by atoms with van der Waals surface area (Å²) in [5.74, 6) is 0.961. The number of imidazole rings is 1. The maximum atomic E-state index is 10.3. The molecule has 1 fully saturated rings. The molecule has 1 aliphatic rings. The fraction of sp³-hybridized carbons (Fsp3) is 0.478. The van der Waals surface area contributed by atoms with Gasteiger partial charge in [-0.1, -0.05) is 12.1 Å². The number of fused-ring (bicyclic) bond motifs is 1. The van der Waals surface area contributed by atoms with Crippen molar-refractivity contribution in [1.29, 1.82) is 0 Å². The summed E-state index contributed by atoms with van der Waals surface area (Å²) < 4.78 is 2.09. The molecule has 0 saturated carbocycles. The van der Waals surface area contributed by atoms with Gasteiger partial charge in [-0.3, -0.25) is 4.98 Å². The van der Waals surface area contributed by atoms with Gasteiger partial charge in [0.1, 0.15) is 11.4 Å². The van der Waals surface area contributed by atoms with Crippen LogP contribution in [0.15, 0.2) is 30.3 Å². The fourth-order valence-electron chi connectivity index (χ4n) is 4.22. The van der Waals surface area contributed by atoms with Crippen LogP contribution in [0, 0.1) is 13.8 Å². The number of para-hydroxylation sites is 1. The topological polar surface area (TPSA) is 107 Å². The first-order valence-electron chi connectivity index (χ1n) is 10.8. The fourth-order valence-corrected chi connectivity index (χ4v) is 4.22. The summed E-state index contributed by atoms with van der Waals surface area (Å²) in [5.41, 5.74) is 4.54. The first kappa shape index (κ1) is 21.5. The highest BCUT2D eigenvalue weighted by Gasteiger charge is 2.23. The van der Waals surface area contributed by atoms with Crippen molar-refractivity contribution < 1.29 is 15.3 Å². The molecule has 0 radical (unpaired) electrons. The number of piperidine rings is 1. The number of nitrogens with zero attached hydrogens (tertiary/aromatic N) is 4. The molecule has 1 saturated heterocycles. The highest BCUT2D eigenvalue weighted by molar-refractivity contribution is 5.82. The molecule has 1 unspecified atom stereocenters. The third-order valence-electron chi connectivity index (χ3n) is 5.98. The Morgan fingerprint density at radius 2 is 1.90 bits per heavy atom. The molecular weight excluding hydrogens is 394 g/mol. The highest BCUT2D eigenvalue weighted by atomic mass is 16.3. The van der Waals surface area contributed by atoms with Gasteiger partial charge in [0.25, 0.3) is 0 Å². The van der Waals surface area contributed by atoms with Crippen molar-refractivity contribution in [3.63, 3.8) is 0 Å². The minimum absolute atomic E-state index is 0.182. The molecule has 0 amide bonds. The minimum Gasteiger partial charge on any atom is -0.506 e. The van der Waals surface area contributed by atoms with Gasteiger partial charge >= 0.3 is 0 Å². The number of nitrogens with one attached hydrogen (secondary N) is 1. The van der Waals surface area contributed by atoms with E-state index in [-0.39, 0.29) is 18.4 Å². The van der Waals surface area contributed by atoms with Crippen LogP contribution in [0.5, 0.6) is 5.75 Å². The SMILES string of the molecule is Cc1ccc(O)c(Cn2c(NC3CCN(CC(O)CO)CC3)nc3c(C)cccc32)n1. The predicted molar refractivity (Wildman–Crippen MR) is 120 cm³/mol. The molecule has 8 nitrogen and oxygen atoms in total. The molecule has 0 bridgehead atoms. The van der Waals surface area contributed by atoms with Crippen LogP contribution < -0.4 is 5.32 Å². The summed E-state index contributed by atoms with van der Waals surface area (Å²) in [4.78, 5) is 11.6. The van der Waals surface area contributed by atoms with E-state index in [4.69, 9.17) is 10.1 Å². The minimum atomic E-state index is -0.689. The first-order valence-corrected chi connectivity index (χ1v) is 10.8. The zero-order valence-corrected chi connectivity index (χ0v) is 18.1. The number of likely N-dealkylation sites (tertiary alicyclic amines) is 1. The molecule has 2 aromatic heterocycles. The van der Waals surface area contributed by atoms with Gasteiger partial charge in [0.2, 0.25) is 5.95 Å². The van der Waals surface area contributed by atoms with Gasteiger partial charge in [0, 0.05) is 31.4 Å². The monoisotopic (exact) mass is 425 g/mol. The molecule has 3 heterocycles. The predicted octanol–water partition coefficient (Wildman–Crippen LogP) is 2.03. The Kier molecular flexibility index (Phi) is 6.41. The first-order chi connectivity index (χ1) is 14.9. The van der Waals surface area contributed by atoms with Gasteiger partial charge < -0.3 is 30.1 Å². The normalized spacial score (nSPS) is 16.6. The van der Waals surface area contributed by atoms with Gasteiger partial charge in [-0.2, -0.15) is 0 Å². The van der Waals surface area contributed by atoms with Crippen molar-refractivity contribution >= 4 is 17.0 Å². The Morgan fingerprint density at radius 3 is 2.65 bits per heavy atom. The van der Waals surface area contributed by atoms with Gasteiger partial charge in [0.15, 0.2) is 0 Å². The van der Waals surface area contributed by atoms with Gasteiger partial charge in [-0.25, -0.2) is 4.98 Å². The van der Waals surface area contributed by atoms with E-state index in [1.165, 1.54) is 0 Å². The number of hydrogen-bond acceptors (Lipinski definition) is 7. The zero-order valence-electron chi connectivity index (χ0n) is 18.1. The lowest BCUT2D eigenvalue weighted by Gasteiger charge is -2.33. The summed E-state index contributed by atoms with van der Waals surface area (Å²) in [7, 11) is 0. The lowest BCUT2D eigenvalue weighted by atomic mass is 10.0. The van der Waals surface area contributed by atoms with E-state index < -0.39 is 6.10 Å². The number of pyridine rings is 1. The number of rotatable bonds is 7. The maximum absolute atomic E-state index is 10.3. The number of aromatic nitrogens is 3. The average Bonchev–Trinajstić information content (AvgIpc) is 3.10.